The molecule has 1 aliphatic heterocycles. The Labute approximate surface area is 94.5 Å². The molecule has 0 unspecified atom stereocenters. The number of nitrogens with zero attached hydrogens (tertiary/aromatic N) is 2. The molecule has 1 saturated carbocycles. The fourth-order valence-electron chi connectivity index (χ4n) is 2.36. The van der Waals surface area contributed by atoms with E-state index in [0.29, 0.717) is 23.8 Å². The Balaban J connectivity index is 2.03. The van der Waals surface area contributed by atoms with Crippen molar-refractivity contribution in [3.05, 3.63) is 11.4 Å². The van der Waals surface area contributed by atoms with Gasteiger partial charge in [-0.1, -0.05) is 6.42 Å². The smallest absolute Gasteiger partial charge is 0.157 e. The van der Waals surface area contributed by atoms with Crippen LogP contribution >= 0.6 is 0 Å². The van der Waals surface area contributed by atoms with E-state index in [9.17, 15) is 8.42 Å². The Bertz CT molecular complexity index is 529. The lowest BCUT2D eigenvalue weighted by molar-refractivity contribution is 0.406. The number of fused-ring (bicyclic) bond motifs is 1. The van der Waals surface area contributed by atoms with E-state index >= 15 is 0 Å². The first kappa shape index (κ1) is 10.1. The second-order valence-electron chi connectivity index (χ2n) is 4.69. The molecule has 1 fully saturated rings. The average molecular weight is 241 g/mol. The highest BCUT2D eigenvalue weighted by atomic mass is 32.2. The number of hydrogen-bond acceptors (Lipinski definition) is 4. The molecular weight excluding hydrogens is 226 g/mol. The molecule has 1 aromatic heterocycles. The molecule has 2 N–H and O–H groups in total. The summed E-state index contributed by atoms with van der Waals surface area (Å²) in [6.07, 6.45) is 3.49. The van der Waals surface area contributed by atoms with Gasteiger partial charge < -0.3 is 5.73 Å². The van der Waals surface area contributed by atoms with Crippen molar-refractivity contribution in [1.82, 2.24) is 9.78 Å². The molecule has 1 aromatic rings. The normalized spacial score (nSPS) is 23.8. The third-order valence-corrected chi connectivity index (χ3v) is 5.11. The molecule has 3 rings (SSSR count). The zero-order valence-electron chi connectivity index (χ0n) is 9.02. The largest absolute Gasteiger partial charge is 0.396 e. The fraction of sp³-hybridized carbons (Fsp3) is 0.700. The van der Waals surface area contributed by atoms with Gasteiger partial charge in [0, 0.05) is 5.92 Å². The van der Waals surface area contributed by atoms with Crippen LogP contribution in [0.1, 0.15) is 36.6 Å². The average Bonchev–Trinajstić information content (AvgIpc) is 2.41. The molecule has 88 valence electrons. The molecule has 0 bridgehead atoms. The van der Waals surface area contributed by atoms with E-state index in [1.807, 2.05) is 0 Å². The second kappa shape index (κ2) is 3.23. The van der Waals surface area contributed by atoms with Gasteiger partial charge in [-0.05, 0) is 12.8 Å². The number of nitrogens with two attached hydrogens (primary N) is 1. The van der Waals surface area contributed by atoms with Gasteiger partial charge in [0.1, 0.15) is 0 Å². The molecule has 1 aliphatic carbocycles. The number of hydrogen-bond donors (Lipinski definition) is 1. The van der Waals surface area contributed by atoms with Gasteiger partial charge in [-0.25, -0.2) is 8.42 Å². The summed E-state index contributed by atoms with van der Waals surface area (Å²) in [6, 6.07) is 0. The monoisotopic (exact) mass is 241 g/mol. The quantitative estimate of drug-likeness (QED) is 0.783. The summed E-state index contributed by atoms with van der Waals surface area (Å²) in [6.45, 7) is 0.453. The molecule has 0 saturated heterocycles. The minimum atomic E-state index is -2.96. The van der Waals surface area contributed by atoms with Gasteiger partial charge >= 0.3 is 0 Å². The van der Waals surface area contributed by atoms with Crippen LogP contribution in [0.5, 0.6) is 0 Å². The molecule has 2 aliphatic rings. The van der Waals surface area contributed by atoms with Gasteiger partial charge in [-0.3, -0.25) is 4.68 Å². The van der Waals surface area contributed by atoms with Crippen LogP contribution in [-0.2, 0) is 22.1 Å². The minimum Gasteiger partial charge on any atom is -0.396 e. The predicted octanol–water partition coefficient (Wildman–Crippen LogP) is 0.661. The van der Waals surface area contributed by atoms with Crippen molar-refractivity contribution in [2.45, 2.75) is 37.5 Å². The zero-order chi connectivity index (χ0) is 11.3. The van der Waals surface area contributed by atoms with Gasteiger partial charge in [0.15, 0.2) is 9.84 Å². The summed E-state index contributed by atoms with van der Waals surface area (Å²) in [4.78, 5) is 0. The van der Waals surface area contributed by atoms with Crippen molar-refractivity contribution in [3.8, 4) is 0 Å². The van der Waals surface area contributed by atoms with Crippen LogP contribution < -0.4 is 5.73 Å². The van der Waals surface area contributed by atoms with Crippen LogP contribution in [0.3, 0.4) is 0 Å². The van der Waals surface area contributed by atoms with Crippen LogP contribution in [-0.4, -0.2) is 24.0 Å². The third-order valence-electron chi connectivity index (χ3n) is 3.59. The van der Waals surface area contributed by atoms with E-state index < -0.39 is 9.84 Å². The number of nitrogen functional groups attached to an aromatic ring is 1. The first-order chi connectivity index (χ1) is 7.57. The second-order valence-corrected chi connectivity index (χ2v) is 6.87. The van der Waals surface area contributed by atoms with Gasteiger partial charge in [-0.2, -0.15) is 5.10 Å². The van der Waals surface area contributed by atoms with Crippen molar-refractivity contribution in [3.63, 3.8) is 0 Å². The highest BCUT2D eigenvalue weighted by molar-refractivity contribution is 7.90. The summed E-state index contributed by atoms with van der Waals surface area (Å²) >= 11 is 0. The Morgan fingerprint density at radius 2 is 2.12 bits per heavy atom. The van der Waals surface area contributed by atoms with Crippen molar-refractivity contribution in [1.29, 1.82) is 0 Å². The van der Waals surface area contributed by atoms with E-state index in [2.05, 4.69) is 5.10 Å². The maximum absolute atomic E-state index is 11.5. The lowest BCUT2D eigenvalue weighted by Gasteiger charge is -2.23. The van der Waals surface area contributed by atoms with E-state index in [0.717, 1.165) is 18.5 Å². The molecule has 0 spiro atoms. The molecule has 5 nitrogen and oxygen atoms in total. The summed E-state index contributed by atoms with van der Waals surface area (Å²) in [5, 5.41) is 4.47. The van der Waals surface area contributed by atoms with Crippen LogP contribution in [0.25, 0.3) is 0 Å². The Morgan fingerprint density at radius 3 is 2.75 bits per heavy atom. The van der Waals surface area contributed by atoms with E-state index in [-0.39, 0.29) is 11.5 Å². The number of anilines is 1. The molecule has 0 atom stereocenters. The highest BCUT2D eigenvalue weighted by Gasteiger charge is 2.31. The zero-order valence-corrected chi connectivity index (χ0v) is 9.83. The Hall–Kier alpha value is -1.04. The summed E-state index contributed by atoms with van der Waals surface area (Å²) < 4.78 is 24.8. The van der Waals surface area contributed by atoms with Crippen LogP contribution in [0.2, 0.25) is 0 Å². The topological polar surface area (TPSA) is 78.0 Å². The van der Waals surface area contributed by atoms with Crippen LogP contribution in [0, 0.1) is 0 Å². The first-order valence-electron chi connectivity index (χ1n) is 5.62. The Kier molecular flexibility index (Phi) is 2.04. The van der Waals surface area contributed by atoms with Gasteiger partial charge in [0.05, 0.1) is 35.1 Å². The molecular formula is C10H15N3O2S. The number of sulfone groups is 1. The lowest BCUT2D eigenvalue weighted by atomic mass is 9.82. The van der Waals surface area contributed by atoms with Gasteiger partial charge in [0.2, 0.25) is 0 Å². The van der Waals surface area contributed by atoms with Crippen molar-refractivity contribution < 1.29 is 8.42 Å². The number of aryl methyl sites for hydroxylation is 1. The molecule has 0 aromatic carbocycles. The lowest BCUT2D eigenvalue weighted by Crippen LogP contribution is -2.24. The predicted molar refractivity (Wildman–Crippen MR) is 60.7 cm³/mol. The maximum atomic E-state index is 11.5. The minimum absolute atomic E-state index is 0.0541. The molecule has 0 amide bonds. The SMILES string of the molecule is Nc1c(C2CCC2)nn2c1CS(=O)(=O)CC2. The van der Waals surface area contributed by atoms with Gasteiger partial charge in [0.25, 0.3) is 0 Å². The third kappa shape index (κ3) is 1.43. The van der Waals surface area contributed by atoms with E-state index in [1.54, 1.807) is 4.68 Å². The highest BCUT2D eigenvalue weighted by Crippen LogP contribution is 2.40. The summed E-state index contributed by atoms with van der Waals surface area (Å²) in [7, 11) is -2.96. The molecule has 6 heteroatoms. The molecule has 2 heterocycles. The Morgan fingerprint density at radius 1 is 1.38 bits per heavy atom. The summed E-state index contributed by atoms with van der Waals surface area (Å²) in [5.74, 6) is 0.699. The van der Waals surface area contributed by atoms with E-state index in [1.165, 1.54) is 6.42 Å². The number of aromatic nitrogens is 2. The summed E-state index contributed by atoms with van der Waals surface area (Å²) in [5.41, 5.74) is 8.26. The van der Waals surface area contributed by atoms with Crippen LogP contribution in [0.15, 0.2) is 0 Å². The fourth-order valence-corrected chi connectivity index (χ4v) is 3.67. The van der Waals surface area contributed by atoms with Crippen LogP contribution in [0.4, 0.5) is 5.69 Å². The number of rotatable bonds is 1. The van der Waals surface area contributed by atoms with Crippen molar-refractivity contribution >= 4 is 15.5 Å². The van der Waals surface area contributed by atoms with Crippen molar-refractivity contribution in [2.24, 2.45) is 0 Å². The van der Waals surface area contributed by atoms with E-state index in [4.69, 9.17) is 5.73 Å². The van der Waals surface area contributed by atoms with Gasteiger partial charge in [-0.15, -0.1) is 0 Å². The molecule has 16 heavy (non-hydrogen) atoms. The molecule has 0 radical (unpaired) electrons. The first-order valence-corrected chi connectivity index (χ1v) is 7.44. The van der Waals surface area contributed by atoms with Crippen molar-refractivity contribution in [2.75, 3.05) is 11.5 Å². The standard InChI is InChI=1S/C10H15N3O2S/c11-9-8-6-16(14,15)5-4-13(8)12-10(9)7-2-1-3-7/h7H,1-6,11H2. The maximum Gasteiger partial charge on any atom is 0.157 e.